The zero-order valence-corrected chi connectivity index (χ0v) is 13.5. The van der Waals surface area contributed by atoms with Crippen LogP contribution in [-0.4, -0.2) is 6.16 Å². The summed E-state index contributed by atoms with van der Waals surface area (Å²) in [5, 5.41) is 3.10. The molecule has 2 unspecified atom stereocenters. The fourth-order valence-electron chi connectivity index (χ4n) is 2.25. The van der Waals surface area contributed by atoms with Gasteiger partial charge in [-0.2, -0.15) is 0 Å². The number of benzene rings is 1. The highest BCUT2D eigenvalue weighted by molar-refractivity contribution is 7.53. The van der Waals surface area contributed by atoms with Crippen molar-refractivity contribution < 1.29 is 4.57 Å². The Bertz CT molecular complexity index is 526. The molecule has 1 aromatic carbocycles. The Kier molecular flexibility index (Phi) is 4.65. The molecule has 0 bridgehead atoms. The van der Waals surface area contributed by atoms with E-state index in [0.29, 0.717) is 5.92 Å². The Morgan fingerprint density at radius 2 is 1.79 bits per heavy atom. The van der Waals surface area contributed by atoms with E-state index in [1.807, 2.05) is 30.3 Å². The van der Waals surface area contributed by atoms with Gasteiger partial charge in [-0.1, -0.05) is 57.2 Å². The molecule has 0 N–H and O–H groups in total. The summed E-state index contributed by atoms with van der Waals surface area (Å²) in [6.45, 7) is 6.70. The van der Waals surface area contributed by atoms with E-state index in [0.717, 1.165) is 11.5 Å². The van der Waals surface area contributed by atoms with Crippen LogP contribution < -0.4 is 5.30 Å². The van der Waals surface area contributed by atoms with E-state index in [2.05, 4.69) is 38.3 Å². The summed E-state index contributed by atoms with van der Waals surface area (Å²) in [5.74, 6) is 0.360. The number of thiophene rings is 1. The van der Waals surface area contributed by atoms with E-state index < -0.39 is 7.80 Å². The molecule has 102 valence electrons. The van der Waals surface area contributed by atoms with E-state index in [1.165, 1.54) is 4.88 Å². The van der Waals surface area contributed by atoms with Gasteiger partial charge in [-0.05, 0) is 16.9 Å². The van der Waals surface area contributed by atoms with Crippen LogP contribution in [0.1, 0.15) is 31.6 Å². The molecule has 1 heterocycles. The van der Waals surface area contributed by atoms with Gasteiger partial charge >= 0.3 is 0 Å². The Hall–Kier alpha value is -0.850. The molecule has 0 saturated heterocycles. The van der Waals surface area contributed by atoms with Crippen LogP contribution >= 0.6 is 19.1 Å². The van der Waals surface area contributed by atoms with Gasteiger partial charge in [0.25, 0.3) is 0 Å². The standard InChI is InChI=1S/C16H21OPS/c1-16(2,3)14(15-10-7-11-19-15)12-18(17)13-8-5-4-6-9-13/h4-11,14,18H,12H2,1-3H3. The first-order valence-corrected chi connectivity index (χ1v) is 9.09. The molecule has 0 aliphatic heterocycles. The van der Waals surface area contributed by atoms with Gasteiger partial charge in [0, 0.05) is 22.3 Å². The van der Waals surface area contributed by atoms with Crippen LogP contribution in [0.3, 0.4) is 0 Å². The summed E-state index contributed by atoms with van der Waals surface area (Å²) >= 11 is 1.77. The van der Waals surface area contributed by atoms with Crippen molar-refractivity contribution in [1.29, 1.82) is 0 Å². The molecule has 0 saturated carbocycles. The predicted molar refractivity (Wildman–Crippen MR) is 86.5 cm³/mol. The lowest BCUT2D eigenvalue weighted by molar-refractivity contribution is 0.345. The molecule has 1 aromatic heterocycles. The lowest BCUT2D eigenvalue weighted by Gasteiger charge is -2.29. The normalized spacial score (nSPS) is 15.1. The zero-order chi connectivity index (χ0) is 13.9. The number of hydrogen-bond donors (Lipinski definition) is 0. The molecule has 3 heteroatoms. The summed E-state index contributed by atoms with van der Waals surface area (Å²) in [5.41, 5.74) is 0.139. The topological polar surface area (TPSA) is 17.1 Å². The first-order chi connectivity index (χ1) is 8.98. The molecular formula is C16H21OPS. The maximum Gasteiger partial charge on any atom is 0.104 e. The van der Waals surface area contributed by atoms with Crippen molar-refractivity contribution in [2.75, 3.05) is 6.16 Å². The van der Waals surface area contributed by atoms with Gasteiger partial charge in [0.2, 0.25) is 0 Å². The molecule has 0 radical (unpaired) electrons. The van der Waals surface area contributed by atoms with E-state index in [1.54, 1.807) is 11.3 Å². The molecule has 0 spiro atoms. The Morgan fingerprint density at radius 3 is 2.32 bits per heavy atom. The molecular weight excluding hydrogens is 271 g/mol. The maximum absolute atomic E-state index is 12.6. The van der Waals surface area contributed by atoms with Crippen molar-refractivity contribution in [2.45, 2.75) is 26.7 Å². The van der Waals surface area contributed by atoms with Crippen molar-refractivity contribution in [3.63, 3.8) is 0 Å². The molecule has 2 rings (SSSR count). The van der Waals surface area contributed by atoms with E-state index in [4.69, 9.17) is 0 Å². The summed E-state index contributed by atoms with van der Waals surface area (Å²) < 4.78 is 12.6. The highest BCUT2D eigenvalue weighted by Crippen LogP contribution is 2.42. The predicted octanol–water partition coefficient (Wildman–Crippen LogP) is 4.76. The average Bonchev–Trinajstić information content (AvgIpc) is 2.88. The van der Waals surface area contributed by atoms with Gasteiger partial charge < -0.3 is 4.57 Å². The van der Waals surface area contributed by atoms with Crippen molar-refractivity contribution in [2.24, 2.45) is 5.41 Å². The molecule has 0 aliphatic rings. The Labute approximate surface area is 120 Å². The fraction of sp³-hybridized carbons (Fsp3) is 0.375. The van der Waals surface area contributed by atoms with Crippen molar-refractivity contribution >= 4 is 24.4 Å². The number of hydrogen-bond acceptors (Lipinski definition) is 2. The third kappa shape index (κ3) is 3.81. The molecule has 19 heavy (non-hydrogen) atoms. The highest BCUT2D eigenvalue weighted by Gasteiger charge is 2.28. The second-order valence-corrected chi connectivity index (χ2v) is 8.74. The Morgan fingerprint density at radius 1 is 1.11 bits per heavy atom. The lowest BCUT2D eigenvalue weighted by Crippen LogP contribution is -2.20. The number of rotatable bonds is 4. The van der Waals surface area contributed by atoms with Gasteiger partial charge in [-0.3, -0.25) is 0 Å². The minimum absolute atomic E-state index is 0.139. The smallest absolute Gasteiger partial charge is 0.104 e. The first-order valence-electron chi connectivity index (χ1n) is 6.60. The van der Waals surface area contributed by atoms with Crippen molar-refractivity contribution in [1.82, 2.24) is 0 Å². The molecule has 0 fully saturated rings. The van der Waals surface area contributed by atoms with Crippen LogP contribution in [0.15, 0.2) is 47.8 Å². The lowest BCUT2D eigenvalue weighted by atomic mass is 9.81. The maximum atomic E-state index is 12.6. The van der Waals surface area contributed by atoms with Crippen LogP contribution in [0.2, 0.25) is 0 Å². The van der Waals surface area contributed by atoms with E-state index in [9.17, 15) is 4.57 Å². The van der Waals surface area contributed by atoms with Crippen LogP contribution in [0.4, 0.5) is 0 Å². The summed E-state index contributed by atoms with van der Waals surface area (Å²) in [6, 6.07) is 14.1. The monoisotopic (exact) mass is 292 g/mol. The second kappa shape index (κ2) is 6.07. The van der Waals surface area contributed by atoms with Crippen LogP contribution in [-0.2, 0) is 4.57 Å². The minimum Gasteiger partial charge on any atom is -0.322 e. The molecule has 2 atom stereocenters. The van der Waals surface area contributed by atoms with Crippen LogP contribution in [0.5, 0.6) is 0 Å². The quantitative estimate of drug-likeness (QED) is 0.742. The first kappa shape index (κ1) is 14.6. The molecule has 0 amide bonds. The van der Waals surface area contributed by atoms with E-state index >= 15 is 0 Å². The molecule has 0 aliphatic carbocycles. The van der Waals surface area contributed by atoms with Crippen molar-refractivity contribution in [3.05, 3.63) is 52.7 Å². The summed E-state index contributed by atoms with van der Waals surface area (Å²) in [7, 11) is -1.72. The average molecular weight is 292 g/mol. The van der Waals surface area contributed by atoms with Crippen LogP contribution in [0.25, 0.3) is 0 Å². The van der Waals surface area contributed by atoms with Gasteiger partial charge in [0.1, 0.15) is 7.80 Å². The summed E-state index contributed by atoms with van der Waals surface area (Å²) in [6.07, 6.45) is 0.763. The fourth-order valence-corrected chi connectivity index (χ4v) is 5.47. The third-order valence-electron chi connectivity index (χ3n) is 3.42. The zero-order valence-electron chi connectivity index (χ0n) is 11.7. The van der Waals surface area contributed by atoms with Gasteiger partial charge in [-0.15, -0.1) is 11.3 Å². The third-order valence-corrected chi connectivity index (χ3v) is 6.16. The molecule has 1 nitrogen and oxygen atoms in total. The van der Waals surface area contributed by atoms with Gasteiger partial charge in [0.15, 0.2) is 0 Å². The second-order valence-electron chi connectivity index (χ2n) is 5.93. The van der Waals surface area contributed by atoms with Crippen molar-refractivity contribution in [3.8, 4) is 0 Å². The van der Waals surface area contributed by atoms with Gasteiger partial charge in [-0.25, -0.2) is 0 Å². The van der Waals surface area contributed by atoms with Gasteiger partial charge in [0.05, 0.1) is 0 Å². The Balaban J connectivity index is 2.21. The minimum atomic E-state index is -1.72. The SMILES string of the molecule is CC(C)(C)C(C[PH](=O)c1ccccc1)c1cccs1. The van der Waals surface area contributed by atoms with Crippen LogP contribution in [0, 0.1) is 5.41 Å². The highest BCUT2D eigenvalue weighted by atomic mass is 32.1. The van der Waals surface area contributed by atoms with E-state index in [-0.39, 0.29) is 5.41 Å². The largest absolute Gasteiger partial charge is 0.322 e. The molecule has 2 aromatic rings. The summed E-state index contributed by atoms with van der Waals surface area (Å²) in [4.78, 5) is 1.35.